The fourth-order valence-electron chi connectivity index (χ4n) is 2.49. The Labute approximate surface area is 113 Å². The van der Waals surface area contributed by atoms with Crippen LogP contribution >= 0.6 is 0 Å². The third kappa shape index (κ3) is 2.78. The Morgan fingerprint density at radius 1 is 1.42 bits per heavy atom. The predicted molar refractivity (Wildman–Crippen MR) is 75.2 cm³/mol. The number of fused-ring (bicyclic) bond motifs is 1. The van der Waals surface area contributed by atoms with E-state index in [1.807, 2.05) is 24.5 Å². The summed E-state index contributed by atoms with van der Waals surface area (Å²) < 4.78 is 2.08. The van der Waals surface area contributed by atoms with Gasteiger partial charge in [-0.3, -0.25) is 4.79 Å². The Morgan fingerprint density at radius 2 is 2.16 bits per heavy atom. The van der Waals surface area contributed by atoms with E-state index in [1.54, 1.807) is 0 Å². The molecular weight excluding hydrogens is 240 g/mol. The van der Waals surface area contributed by atoms with Gasteiger partial charge in [0.05, 0.1) is 23.8 Å². The summed E-state index contributed by atoms with van der Waals surface area (Å²) in [5.41, 5.74) is 3.10. The molecule has 0 aliphatic heterocycles. The number of aromatic nitrogens is 2. The lowest BCUT2D eigenvalue weighted by Gasteiger charge is -2.19. The molecule has 1 heterocycles. The van der Waals surface area contributed by atoms with Gasteiger partial charge in [0.2, 0.25) is 0 Å². The number of nitrogens with zero attached hydrogens (tertiary/aromatic N) is 2. The number of rotatable bonds is 5. The summed E-state index contributed by atoms with van der Waals surface area (Å²) >= 11 is 0. The molecule has 0 aliphatic carbocycles. The second-order valence-corrected chi connectivity index (χ2v) is 5.23. The van der Waals surface area contributed by atoms with Gasteiger partial charge in [0.15, 0.2) is 0 Å². The van der Waals surface area contributed by atoms with Crippen LogP contribution in [0.3, 0.4) is 0 Å². The molecule has 0 saturated carbocycles. The van der Waals surface area contributed by atoms with Gasteiger partial charge < -0.3 is 9.67 Å². The Kier molecular flexibility index (Phi) is 3.88. The largest absolute Gasteiger partial charge is 0.481 e. The number of carboxylic acid groups (broad SMARTS) is 1. The summed E-state index contributed by atoms with van der Waals surface area (Å²) in [4.78, 5) is 15.4. The molecule has 102 valence electrons. The third-order valence-electron chi connectivity index (χ3n) is 3.61. The van der Waals surface area contributed by atoms with Crippen LogP contribution in [0.2, 0.25) is 0 Å². The molecule has 0 spiro atoms. The molecular formula is C15H20N2O2. The average molecular weight is 260 g/mol. The molecule has 1 aromatic heterocycles. The van der Waals surface area contributed by atoms with Gasteiger partial charge in [-0.2, -0.15) is 0 Å². The molecule has 2 aromatic rings. The Morgan fingerprint density at radius 3 is 2.74 bits per heavy atom. The quantitative estimate of drug-likeness (QED) is 0.897. The highest BCUT2D eigenvalue weighted by atomic mass is 16.4. The molecule has 0 radical (unpaired) electrons. The average Bonchev–Trinajstić information content (AvgIpc) is 2.77. The molecule has 0 amide bonds. The van der Waals surface area contributed by atoms with E-state index in [1.165, 1.54) is 0 Å². The summed E-state index contributed by atoms with van der Waals surface area (Å²) in [7, 11) is 0. The second kappa shape index (κ2) is 5.43. The van der Waals surface area contributed by atoms with Crippen LogP contribution in [0.5, 0.6) is 0 Å². The van der Waals surface area contributed by atoms with Crippen LogP contribution in [-0.2, 0) is 11.3 Å². The van der Waals surface area contributed by atoms with E-state index in [2.05, 4.69) is 30.3 Å². The zero-order chi connectivity index (χ0) is 14.0. The van der Waals surface area contributed by atoms with Crippen LogP contribution in [0.1, 0.15) is 38.7 Å². The molecule has 1 aromatic carbocycles. The van der Waals surface area contributed by atoms with E-state index in [0.29, 0.717) is 5.92 Å². The molecule has 0 fully saturated rings. The van der Waals surface area contributed by atoms with Crippen LogP contribution < -0.4 is 0 Å². The zero-order valence-electron chi connectivity index (χ0n) is 11.6. The number of imidazole rings is 1. The van der Waals surface area contributed by atoms with Crippen LogP contribution in [0.15, 0.2) is 24.5 Å². The normalized spacial score (nSPS) is 13.1. The van der Waals surface area contributed by atoms with E-state index >= 15 is 0 Å². The minimum Gasteiger partial charge on any atom is -0.481 e. The van der Waals surface area contributed by atoms with Crippen LogP contribution in [0, 0.1) is 5.92 Å². The molecule has 0 saturated heterocycles. The SMILES string of the molecule is CCn1cnc2cc(C(CC(=O)O)C(C)C)ccc21. The van der Waals surface area contributed by atoms with Gasteiger partial charge in [-0.25, -0.2) is 4.98 Å². The summed E-state index contributed by atoms with van der Waals surface area (Å²) in [5, 5.41) is 9.03. The highest BCUT2D eigenvalue weighted by Gasteiger charge is 2.20. The minimum atomic E-state index is -0.752. The van der Waals surface area contributed by atoms with Gasteiger partial charge in [-0.15, -0.1) is 0 Å². The lowest BCUT2D eigenvalue weighted by Crippen LogP contribution is -2.12. The van der Waals surface area contributed by atoms with Gasteiger partial charge in [0.25, 0.3) is 0 Å². The van der Waals surface area contributed by atoms with Crippen LogP contribution in [-0.4, -0.2) is 20.6 Å². The number of aryl methyl sites for hydroxylation is 1. The van der Waals surface area contributed by atoms with Gasteiger partial charge in [-0.1, -0.05) is 19.9 Å². The molecule has 0 bridgehead atoms. The first kappa shape index (κ1) is 13.6. The van der Waals surface area contributed by atoms with Gasteiger partial charge in [0, 0.05) is 6.54 Å². The van der Waals surface area contributed by atoms with Crippen LogP contribution in [0.4, 0.5) is 0 Å². The third-order valence-corrected chi connectivity index (χ3v) is 3.61. The van der Waals surface area contributed by atoms with E-state index in [4.69, 9.17) is 5.11 Å². The van der Waals surface area contributed by atoms with Crippen molar-refractivity contribution in [3.8, 4) is 0 Å². The molecule has 19 heavy (non-hydrogen) atoms. The molecule has 4 heteroatoms. The summed E-state index contributed by atoms with van der Waals surface area (Å²) in [6.45, 7) is 7.08. The lowest BCUT2D eigenvalue weighted by molar-refractivity contribution is -0.137. The van der Waals surface area contributed by atoms with Crippen molar-refractivity contribution in [2.45, 2.75) is 39.7 Å². The van der Waals surface area contributed by atoms with E-state index in [9.17, 15) is 4.79 Å². The first-order chi connectivity index (χ1) is 9.02. The smallest absolute Gasteiger partial charge is 0.303 e. The fraction of sp³-hybridized carbons (Fsp3) is 0.467. The number of aliphatic carboxylic acids is 1. The molecule has 0 aliphatic rings. The highest BCUT2D eigenvalue weighted by molar-refractivity contribution is 5.76. The van der Waals surface area contributed by atoms with Crippen molar-refractivity contribution in [2.24, 2.45) is 5.92 Å². The number of carbonyl (C=O) groups is 1. The van der Waals surface area contributed by atoms with Crippen molar-refractivity contribution >= 4 is 17.0 Å². The molecule has 4 nitrogen and oxygen atoms in total. The Balaban J connectivity index is 2.40. The molecule has 1 atom stereocenters. The summed E-state index contributed by atoms with van der Waals surface area (Å²) in [6, 6.07) is 6.09. The van der Waals surface area contributed by atoms with E-state index in [0.717, 1.165) is 23.1 Å². The van der Waals surface area contributed by atoms with Gasteiger partial charge in [0.1, 0.15) is 0 Å². The van der Waals surface area contributed by atoms with Crippen LogP contribution in [0.25, 0.3) is 11.0 Å². The molecule has 1 N–H and O–H groups in total. The standard InChI is InChI=1S/C15H20N2O2/c1-4-17-9-16-13-7-11(5-6-14(13)17)12(10(2)3)8-15(18)19/h5-7,9-10,12H,4,8H2,1-3H3,(H,18,19). The lowest BCUT2D eigenvalue weighted by atomic mass is 9.85. The Hall–Kier alpha value is -1.84. The topological polar surface area (TPSA) is 55.1 Å². The first-order valence-electron chi connectivity index (χ1n) is 6.69. The summed E-state index contributed by atoms with van der Waals surface area (Å²) in [5.74, 6) is -0.423. The maximum atomic E-state index is 11.0. The molecule has 2 rings (SSSR count). The number of hydrogen-bond acceptors (Lipinski definition) is 2. The number of benzene rings is 1. The van der Waals surface area contributed by atoms with E-state index < -0.39 is 5.97 Å². The van der Waals surface area contributed by atoms with Crippen molar-refractivity contribution in [1.29, 1.82) is 0 Å². The summed E-state index contributed by atoms with van der Waals surface area (Å²) in [6.07, 6.45) is 1.99. The fourth-order valence-corrected chi connectivity index (χ4v) is 2.49. The predicted octanol–water partition coefficient (Wildman–Crippen LogP) is 3.27. The second-order valence-electron chi connectivity index (χ2n) is 5.23. The number of carboxylic acids is 1. The van der Waals surface area contributed by atoms with Crippen molar-refractivity contribution in [1.82, 2.24) is 9.55 Å². The highest BCUT2D eigenvalue weighted by Crippen LogP contribution is 2.30. The number of hydrogen-bond donors (Lipinski definition) is 1. The van der Waals surface area contributed by atoms with Crippen molar-refractivity contribution < 1.29 is 9.90 Å². The Bertz CT molecular complexity index is 587. The van der Waals surface area contributed by atoms with Gasteiger partial charge >= 0.3 is 5.97 Å². The van der Waals surface area contributed by atoms with Crippen molar-refractivity contribution in [3.63, 3.8) is 0 Å². The first-order valence-corrected chi connectivity index (χ1v) is 6.69. The maximum absolute atomic E-state index is 11.0. The zero-order valence-corrected chi connectivity index (χ0v) is 11.6. The van der Waals surface area contributed by atoms with Gasteiger partial charge in [-0.05, 0) is 36.5 Å². The minimum absolute atomic E-state index is 0.0358. The molecule has 1 unspecified atom stereocenters. The van der Waals surface area contributed by atoms with Crippen molar-refractivity contribution in [3.05, 3.63) is 30.1 Å². The monoisotopic (exact) mass is 260 g/mol. The maximum Gasteiger partial charge on any atom is 0.303 e. The van der Waals surface area contributed by atoms with Crippen molar-refractivity contribution in [2.75, 3.05) is 0 Å². The van der Waals surface area contributed by atoms with E-state index in [-0.39, 0.29) is 12.3 Å².